The first-order valence-electron chi connectivity index (χ1n) is 9.65. The van der Waals surface area contributed by atoms with E-state index in [4.69, 9.17) is 0 Å². The van der Waals surface area contributed by atoms with Crippen LogP contribution < -0.4 is 10.6 Å². The van der Waals surface area contributed by atoms with E-state index in [9.17, 15) is 4.79 Å². The topological polar surface area (TPSA) is 54.0 Å². The number of aryl methyl sites for hydroxylation is 2. The van der Waals surface area contributed by atoms with E-state index in [1.54, 1.807) is 0 Å². The molecule has 0 spiro atoms. The van der Waals surface area contributed by atoms with Gasteiger partial charge in [-0.05, 0) is 65.3 Å². The third-order valence-corrected chi connectivity index (χ3v) is 5.06. The molecule has 0 saturated carbocycles. The van der Waals surface area contributed by atoms with Crippen LogP contribution in [0.25, 0.3) is 21.9 Å². The maximum absolute atomic E-state index is 12.3. The molecule has 2 N–H and O–H groups in total. The first-order valence-corrected chi connectivity index (χ1v) is 9.65. The van der Waals surface area contributed by atoms with Crippen molar-refractivity contribution in [2.24, 2.45) is 0 Å². The molecule has 0 unspecified atom stereocenters. The lowest BCUT2D eigenvalue weighted by Gasteiger charge is -2.14. The third kappa shape index (κ3) is 4.11. The molecule has 144 valence electrons. The van der Waals surface area contributed by atoms with Crippen LogP contribution in [0.2, 0.25) is 0 Å². The summed E-state index contributed by atoms with van der Waals surface area (Å²) in [6.07, 6.45) is 3.68. The number of rotatable bonds is 4. The van der Waals surface area contributed by atoms with Gasteiger partial charge in [-0.15, -0.1) is 0 Å². The van der Waals surface area contributed by atoms with Gasteiger partial charge in [0.05, 0.1) is 0 Å². The molecule has 0 aliphatic heterocycles. The number of urea groups is 1. The molecular weight excluding hydrogens is 358 g/mol. The van der Waals surface area contributed by atoms with Crippen molar-refractivity contribution in [1.82, 2.24) is 10.3 Å². The second kappa shape index (κ2) is 8.15. The van der Waals surface area contributed by atoms with Crippen molar-refractivity contribution < 1.29 is 4.79 Å². The van der Waals surface area contributed by atoms with Gasteiger partial charge in [0.15, 0.2) is 0 Å². The molecule has 4 aromatic rings. The molecule has 0 aliphatic rings. The number of amides is 2. The number of carbonyl (C=O) groups is 1. The average molecular weight is 381 g/mol. The largest absolute Gasteiger partial charge is 0.334 e. The highest BCUT2D eigenvalue weighted by Gasteiger charge is 2.10. The summed E-state index contributed by atoms with van der Waals surface area (Å²) in [5.74, 6) is 0. The number of carbonyl (C=O) groups excluding carboxylic acids is 1. The number of anilines is 1. The molecule has 0 bridgehead atoms. The normalized spacial score (nSPS) is 10.7. The second-order valence-corrected chi connectivity index (χ2v) is 7.19. The van der Waals surface area contributed by atoms with Crippen LogP contribution in [0.3, 0.4) is 0 Å². The quantitative estimate of drug-likeness (QED) is 0.466. The van der Waals surface area contributed by atoms with Crippen molar-refractivity contribution in [3.8, 4) is 11.1 Å². The molecule has 4 heteroatoms. The molecule has 4 rings (SSSR count). The van der Waals surface area contributed by atoms with Crippen LogP contribution in [0.1, 0.15) is 16.7 Å². The first kappa shape index (κ1) is 18.7. The zero-order chi connectivity index (χ0) is 20.2. The molecule has 1 heterocycles. The molecule has 0 radical (unpaired) electrons. The Morgan fingerprint density at radius 3 is 2.59 bits per heavy atom. The smallest absolute Gasteiger partial charge is 0.319 e. The van der Waals surface area contributed by atoms with Crippen molar-refractivity contribution in [3.05, 3.63) is 95.8 Å². The predicted octanol–water partition coefficient (Wildman–Crippen LogP) is 5.84. The summed E-state index contributed by atoms with van der Waals surface area (Å²) in [7, 11) is 0. The van der Waals surface area contributed by atoms with E-state index in [2.05, 4.69) is 52.9 Å². The molecule has 0 saturated heterocycles. The fourth-order valence-corrected chi connectivity index (χ4v) is 3.59. The van der Waals surface area contributed by atoms with E-state index >= 15 is 0 Å². The Morgan fingerprint density at radius 1 is 0.897 bits per heavy atom. The molecule has 1 aromatic heterocycles. The molecule has 4 nitrogen and oxygen atoms in total. The van der Waals surface area contributed by atoms with E-state index in [0.717, 1.165) is 27.6 Å². The van der Waals surface area contributed by atoms with E-state index in [0.29, 0.717) is 6.54 Å². The number of aromatic nitrogens is 1. The van der Waals surface area contributed by atoms with Gasteiger partial charge in [-0.3, -0.25) is 4.98 Å². The van der Waals surface area contributed by atoms with Crippen molar-refractivity contribution in [2.75, 3.05) is 5.32 Å². The number of nitrogens with zero attached hydrogens (tertiary/aromatic N) is 1. The second-order valence-electron chi connectivity index (χ2n) is 7.19. The Kier molecular flexibility index (Phi) is 5.25. The van der Waals surface area contributed by atoms with E-state index in [1.807, 2.05) is 55.7 Å². The number of benzene rings is 3. The van der Waals surface area contributed by atoms with E-state index in [-0.39, 0.29) is 6.03 Å². The van der Waals surface area contributed by atoms with Crippen LogP contribution in [0, 0.1) is 13.8 Å². The Hall–Kier alpha value is -3.66. The lowest BCUT2D eigenvalue weighted by Crippen LogP contribution is -2.28. The molecule has 2 amide bonds. The first-order chi connectivity index (χ1) is 14.1. The van der Waals surface area contributed by atoms with Gasteiger partial charge in [-0.25, -0.2) is 4.79 Å². The van der Waals surface area contributed by atoms with Crippen LogP contribution in [-0.2, 0) is 6.54 Å². The number of hydrogen-bond acceptors (Lipinski definition) is 2. The lowest BCUT2D eigenvalue weighted by molar-refractivity contribution is 0.252. The van der Waals surface area contributed by atoms with Gasteiger partial charge in [-0.1, -0.05) is 48.5 Å². The van der Waals surface area contributed by atoms with Gasteiger partial charge in [0, 0.05) is 30.0 Å². The molecule has 0 aliphatic carbocycles. The van der Waals surface area contributed by atoms with E-state index in [1.165, 1.54) is 16.7 Å². The highest BCUT2D eigenvalue weighted by molar-refractivity contribution is 5.99. The fourth-order valence-electron chi connectivity index (χ4n) is 3.59. The fraction of sp³-hybridized carbons (Fsp3) is 0.120. The van der Waals surface area contributed by atoms with Gasteiger partial charge < -0.3 is 10.6 Å². The van der Waals surface area contributed by atoms with Crippen molar-refractivity contribution in [3.63, 3.8) is 0 Å². The number of nitrogens with one attached hydrogen (secondary N) is 2. The maximum Gasteiger partial charge on any atom is 0.319 e. The van der Waals surface area contributed by atoms with Crippen molar-refractivity contribution >= 4 is 22.5 Å². The maximum atomic E-state index is 12.3. The standard InChI is InChI=1S/C25H23N3O/c1-17-6-5-8-20(14-17)28-25(29)27-15-19-10-11-22(21-9-4-3-7-18(21)2)23-12-13-26-16-24(19)23/h3-14,16H,15H2,1-2H3,(H2,27,28,29). The van der Waals surface area contributed by atoms with Gasteiger partial charge in [0.25, 0.3) is 0 Å². The summed E-state index contributed by atoms with van der Waals surface area (Å²) >= 11 is 0. The van der Waals surface area contributed by atoms with Crippen LogP contribution in [0.4, 0.5) is 10.5 Å². The number of fused-ring (bicyclic) bond motifs is 1. The molecule has 3 aromatic carbocycles. The summed E-state index contributed by atoms with van der Waals surface area (Å²) in [6.45, 7) is 4.54. The minimum absolute atomic E-state index is 0.226. The highest BCUT2D eigenvalue weighted by atomic mass is 16.2. The van der Waals surface area contributed by atoms with Crippen molar-refractivity contribution in [2.45, 2.75) is 20.4 Å². The molecule has 0 fully saturated rings. The Bertz CT molecular complexity index is 1180. The predicted molar refractivity (Wildman–Crippen MR) is 119 cm³/mol. The van der Waals surface area contributed by atoms with Crippen molar-refractivity contribution in [1.29, 1.82) is 0 Å². The van der Waals surface area contributed by atoms with Gasteiger partial charge in [0.1, 0.15) is 0 Å². The highest BCUT2D eigenvalue weighted by Crippen LogP contribution is 2.32. The summed E-state index contributed by atoms with van der Waals surface area (Å²) in [4.78, 5) is 16.6. The summed E-state index contributed by atoms with van der Waals surface area (Å²) < 4.78 is 0. The van der Waals surface area contributed by atoms with Gasteiger partial charge in [-0.2, -0.15) is 0 Å². The minimum Gasteiger partial charge on any atom is -0.334 e. The molecule has 29 heavy (non-hydrogen) atoms. The SMILES string of the molecule is Cc1cccc(NC(=O)NCc2ccc(-c3ccccc3C)c3ccncc23)c1. The monoisotopic (exact) mass is 381 g/mol. The molecular formula is C25H23N3O. The third-order valence-electron chi connectivity index (χ3n) is 5.06. The van der Waals surface area contributed by atoms with Gasteiger partial charge in [0.2, 0.25) is 0 Å². The Labute approximate surface area is 170 Å². The van der Waals surface area contributed by atoms with Gasteiger partial charge >= 0.3 is 6.03 Å². The summed E-state index contributed by atoms with van der Waals surface area (Å²) in [5, 5.41) is 8.01. The lowest BCUT2D eigenvalue weighted by atomic mass is 9.94. The minimum atomic E-state index is -0.226. The van der Waals surface area contributed by atoms with Crippen LogP contribution >= 0.6 is 0 Å². The summed E-state index contributed by atoms with van der Waals surface area (Å²) in [5.41, 5.74) is 6.53. The number of hydrogen-bond donors (Lipinski definition) is 2. The zero-order valence-corrected chi connectivity index (χ0v) is 16.6. The van der Waals surface area contributed by atoms with Crippen LogP contribution in [-0.4, -0.2) is 11.0 Å². The zero-order valence-electron chi connectivity index (χ0n) is 16.6. The molecule has 0 atom stereocenters. The van der Waals surface area contributed by atoms with E-state index < -0.39 is 0 Å². The Morgan fingerprint density at radius 2 is 1.76 bits per heavy atom. The van der Waals surface area contributed by atoms with Crippen LogP contribution in [0.5, 0.6) is 0 Å². The van der Waals surface area contributed by atoms with Crippen LogP contribution in [0.15, 0.2) is 79.1 Å². The number of pyridine rings is 1. The Balaban J connectivity index is 1.58. The average Bonchev–Trinajstić information content (AvgIpc) is 2.72. The summed E-state index contributed by atoms with van der Waals surface area (Å²) in [6, 6.07) is 22.1.